The van der Waals surface area contributed by atoms with Gasteiger partial charge in [-0.15, -0.1) is 0 Å². The van der Waals surface area contributed by atoms with Crippen molar-refractivity contribution in [3.63, 3.8) is 0 Å². The van der Waals surface area contributed by atoms with E-state index in [0.717, 1.165) is 0 Å². The zero-order valence-electron chi connectivity index (χ0n) is 12.8. The molecule has 0 aliphatic carbocycles. The van der Waals surface area contributed by atoms with Gasteiger partial charge in [0.05, 0.1) is 0 Å². The normalized spacial score (nSPS) is 14.8. The highest BCUT2D eigenvalue weighted by Gasteiger charge is 2.45. The summed E-state index contributed by atoms with van der Waals surface area (Å²) in [5.74, 6) is 0.252. The summed E-state index contributed by atoms with van der Waals surface area (Å²) in [5, 5.41) is 0. The van der Waals surface area contributed by atoms with Crippen LogP contribution < -0.4 is 0 Å². The van der Waals surface area contributed by atoms with Crippen molar-refractivity contribution in [3.05, 3.63) is 0 Å². The van der Waals surface area contributed by atoms with E-state index >= 15 is 0 Å². The molecule has 0 aromatic rings. The fraction of sp³-hybridized carbons (Fsp3) is 0.929. The van der Waals surface area contributed by atoms with Gasteiger partial charge in [-0.3, -0.25) is 4.79 Å². The monoisotopic (exact) mass is 258 g/mol. The number of hydrogen-bond acceptors (Lipinski definition) is 2. The van der Waals surface area contributed by atoms with Gasteiger partial charge in [-0.2, -0.15) is 0 Å². The summed E-state index contributed by atoms with van der Waals surface area (Å²) in [5.41, 5.74) is 1.75. The Bertz CT molecular complexity index is 225. The summed E-state index contributed by atoms with van der Waals surface area (Å²) < 4.78 is 6.36. The molecule has 0 fully saturated rings. The van der Waals surface area contributed by atoms with Crippen molar-refractivity contribution in [1.29, 1.82) is 0 Å². The van der Waals surface area contributed by atoms with Crippen LogP contribution in [-0.4, -0.2) is 20.7 Å². The molecule has 1 atom stereocenters. The molecular formula is C14H30O2Si. The Morgan fingerprint density at radius 1 is 0.941 bits per heavy atom. The average molecular weight is 258 g/mol. The Labute approximate surface area is 108 Å². The summed E-state index contributed by atoms with van der Waals surface area (Å²) in [6.07, 6.45) is 0. The predicted octanol–water partition coefficient (Wildman–Crippen LogP) is 4.40. The Morgan fingerprint density at radius 2 is 1.29 bits per heavy atom. The maximum Gasteiger partial charge on any atom is 0.200 e. The molecule has 0 aromatic heterocycles. The molecule has 0 saturated heterocycles. The summed E-state index contributed by atoms with van der Waals surface area (Å²) in [4.78, 5) is 11.3. The van der Waals surface area contributed by atoms with Crippen molar-refractivity contribution in [2.75, 3.05) is 6.61 Å². The fourth-order valence-electron chi connectivity index (χ4n) is 2.89. The lowest BCUT2D eigenvalue weighted by molar-refractivity contribution is -0.121. The third-order valence-corrected chi connectivity index (χ3v) is 10.1. The molecule has 0 N–H and O–H groups in total. The second-order valence-corrected chi connectivity index (χ2v) is 11.6. The minimum absolute atomic E-state index is 0.0260. The first-order chi connectivity index (χ1) is 7.66. The van der Waals surface area contributed by atoms with Gasteiger partial charge in [0, 0.05) is 12.5 Å². The number of Topliss-reactive ketones (excluding diaryl/α,β-unsaturated/α-hetero) is 1. The maximum atomic E-state index is 11.3. The van der Waals surface area contributed by atoms with Crippen LogP contribution in [0.4, 0.5) is 0 Å². The van der Waals surface area contributed by atoms with E-state index in [1.54, 1.807) is 6.92 Å². The number of rotatable bonds is 7. The van der Waals surface area contributed by atoms with Crippen LogP contribution in [0.1, 0.15) is 55.4 Å². The molecule has 0 amide bonds. The van der Waals surface area contributed by atoms with Crippen molar-refractivity contribution in [2.45, 2.75) is 72.0 Å². The number of carbonyl (C=O) groups excluding carboxylic acids is 1. The molecule has 17 heavy (non-hydrogen) atoms. The van der Waals surface area contributed by atoms with Gasteiger partial charge in [0.2, 0.25) is 0 Å². The molecule has 0 unspecified atom stereocenters. The van der Waals surface area contributed by atoms with Crippen LogP contribution in [0, 0.1) is 5.92 Å². The van der Waals surface area contributed by atoms with Crippen LogP contribution in [-0.2, 0) is 9.22 Å². The van der Waals surface area contributed by atoms with E-state index in [1.165, 1.54) is 0 Å². The van der Waals surface area contributed by atoms with Crippen LogP contribution in [0.3, 0.4) is 0 Å². The lowest BCUT2D eigenvalue weighted by atomic mass is 10.1. The van der Waals surface area contributed by atoms with E-state index in [-0.39, 0.29) is 11.7 Å². The number of hydrogen-bond donors (Lipinski definition) is 0. The van der Waals surface area contributed by atoms with Crippen LogP contribution in [0.15, 0.2) is 0 Å². The van der Waals surface area contributed by atoms with Crippen molar-refractivity contribution in [3.8, 4) is 0 Å². The summed E-state index contributed by atoms with van der Waals surface area (Å²) in [6, 6.07) is 0. The minimum Gasteiger partial charge on any atom is -0.415 e. The molecule has 0 aliphatic rings. The second kappa shape index (κ2) is 6.69. The van der Waals surface area contributed by atoms with E-state index in [1.807, 2.05) is 6.92 Å². The van der Waals surface area contributed by atoms with E-state index in [2.05, 4.69) is 41.5 Å². The lowest BCUT2D eigenvalue weighted by Crippen LogP contribution is -2.48. The van der Waals surface area contributed by atoms with Gasteiger partial charge in [0.1, 0.15) is 5.78 Å². The van der Waals surface area contributed by atoms with Gasteiger partial charge in [0.15, 0.2) is 8.32 Å². The minimum atomic E-state index is -1.79. The molecule has 0 aromatic carbocycles. The van der Waals surface area contributed by atoms with Crippen molar-refractivity contribution in [2.24, 2.45) is 5.92 Å². The Kier molecular flexibility index (Phi) is 6.63. The largest absolute Gasteiger partial charge is 0.415 e. The standard InChI is InChI=1S/C14H30O2Si/c1-10(2)17(11(3)4,12(5)6)16-9-13(7)14(8)15/h10-13H,9H2,1-8H3/t13-/m1/s1. The summed E-state index contributed by atoms with van der Waals surface area (Å²) >= 11 is 0. The van der Waals surface area contributed by atoms with Crippen molar-refractivity contribution < 1.29 is 9.22 Å². The highest BCUT2D eigenvalue weighted by atomic mass is 28.4. The fourth-order valence-corrected chi connectivity index (χ4v) is 8.43. The topological polar surface area (TPSA) is 26.3 Å². The van der Waals surface area contributed by atoms with Gasteiger partial charge in [0.25, 0.3) is 0 Å². The summed E-state index contributed by atoms with van der Waals surface area (Å²) in [6.45, 7) is 17.8. The number of ketones is 1. The molecule has 0 aliphatic heterocycles. The highest BCUT2D eigenvalue weighted by molar-refractivity contribution is 6.77. The van der Waals surface area contributed by atoms with Crippen LogP contribution >= 0.6 is 0 Å². The van der Waals surface area contributed by atoms with Gasteiger partial charge >= 0.3 is 0 Å². The Balaban J connectivity index is 4.88. The smallest absolute Gasteiger partial charge is 0.200 e. The van der Waals surface area contributed by atoms with Gasteiger partial charge in [-0.25, -0.2) is 0 Å². The lowest BCUT2D eigenvalue weighted by Gasteiger charge is -2.42. The van der Waals surface area contributed by atoms with Gasteiger partial charge in [-0.1, -0.05) is 48.5 Å². The highest BCUT2D eigenvalue weighted by Crippen LogP contribution is 2.42. The van der Waals surface area contributed by atoms with E-state index < -0.39 is 8.32 Å². The molecule has 0 bridgehead atoms. The second-order valence-electron chi connectivity index (χ2n) is 6.14. The Morgan fingerprint density at radius 3 is 1.53 bits per heavy atom. The van der Waals surface area contributed by atoms with Crippen LogP contribution in [0.25, 0.3) is 0 Å². The van der Waals surface area contributed by atoms with Crippen LogP contribution in [0.2, 0.25) is 16.6 Å². The molecule has 0 radical (unpaired) electrons. The quantitative estimate of drug-likeness (QED) is 0.633. The average Bonchev–Trinajstić information content (AvgIpc) is 2.16. The van der Waals surface area contributed by atoms with Crippen LogP contribution in [0.5, 0.6) is 0 Å². The Hall–Kier alpha value is -0.153. The van der Waals surface area contributed by atoms with Gasteiger partial charge in [-0.05, 0) is 23.5 Å². The van der Waals surface area contributed by atoms with Gasteiger partial charge < -0.3 is 4.43 Å². The molecule has 0 saturated carbocycles. The van der Waals surface area contributed by atoms with E-state index in [4.69, 9.17) is 4.43 Å². The SMILES string of the molecule is CC(=O)[C@H](C)CO[Si](C(C)C)(C(C)C)C(C)C. The molecule has 102 valence electrons. The van der Waals surface area contributed by atoms with E-state index in [0.29, 0.717) is 23.2 Å². The number of carbonyl (C=O) groups is 1. The predicted molar refractivity (Wildman–Crippen MR) is 76.8 cm³/mol. The molecule has 0 spiro atoms. The third-order valence-electron chi connectivity index (χ3n) is 3.98. The molecule has 2 nitrogen and oxygen atoms in total. The molecule has 0 heterocycles. The zero-order valence-corrected chi connectivity index (χ0v) is 13.8. The molecular weight excluding hydrogens is 228 g/mol. The maximum absolute atomic E-state index is 11.3. The summed E-state index contributed by atoms with van der Waals surface area (Å²) in [7, 11) is -1.79. The first kappa shape index (κ1) is 16.8. The molecule has 3 heteroatoms. The third kappa shape index (κ3) is 3.92. The van der Waals surface area contributed by atoms with Crippen molar-refractivity contribution >= 4 is 14.1 Å². The van der Waals surface area contributed by atoms with Crippen molar-refractivity contribution in [1.82, 2.24) is 0 Å². The zero-order chi connectivity index (χ0) is 13.8. The van der Waals surface area contributed by atoms with E-state index in [9.17, 15) is 4.79 Å². The first-order valence-electron chi connectivity index (χ1n) is 6.80. The first-order valence-corrected chi connectivity index (χ1v) is 8.94. The molecule has 0 rings (SSSR count).